The molecule has 0 radical (unpaired) electrons. The Labute approximate surface area is 174 Å². The van der Waals surface area contributed by atoms with E-state index in [-0.39, 0.29) is 41.2 Å². The lowest BCUT2D eigenvalue weighted by Gasteiger charge is -2.27. The maximum absolute atomic E-state index is 13.3. The molecule has 0 amide bonds. The molecule has 0 aromatic heterocycles. The summed E-state index contributed by atoms with van der Waals surface area (Å²) in [6.07, 6.45) is -1.81. The number of hydrogen-bond donors (Lipinski definition) is 0. The van der Waals surface area contributed by atoms with E-state index in [0.717, 1.165) is 18.6 Å². The van der Waals surface area contributed by atoms with Gasteiger partial charge in [0.2, 0.25) is 0 Å². The SMILES string of the molecule is CCCCOc1c2cc(=O)c(C(F)(F)F)cc-2cn(CC(C)(C)C)c1C(=O)OCC. The van der Waals surface area contributed by atoms with Crippen LogP contribution in [0, 0.1) is 5.41 Å². The average molecular weight is 427 g/mol. The highest BCUT2D eigenvalue weighted by atomic mass is 19.4. The van der Waals surface area contributed by atoms with Crippen LogP contribution in [0.25, 0.3) is 11.1 Å². The van der Waals surface area contributed by atoms with E-state index in [1.807, 2.05) is 27.7 Å². The van der Waals surface area contributed by atoms with Gasteiger partial charge in [-0.3, -0.25) is 4.79 Å². The van der Waals surface area contributed by atoms with Crippen molar-refractivity contribution < 1.29 is 27.4 Å². The van der Waals surface area contributed by atoms with Crippen LogP contribution in [-0.2, 0) is 17.5 Å². The Hall–Kier alpha value is -2.51. The van der Waals surface area contributed by atoms with Gasteiger partial charge in [-0.1, -0.05) is 34.1 Å². The first-order valence-electron chi connectivity index (χ1n) is 9.97. The zero-order valence-corrected chi connectivity index (χ0v) is 18.0. The van der Waals surface area contributed by atoms with Crippen molar-refractivity contribution in [2.24, 2.45) is 5.41 Å². The number of unbranched alkanes of at least 4 members (excludes halogenated alkanes) is 1. The summed E-state index contributed by atoms with van der Waals surface area (Å²) < 4.78 is 52.5. The van der Waals surface area contributed by atoms with E-state index < -0.39 is 23.1 Å². The van der Waals surface area contributed by atoms with E-state index in [4.69, 9.17) is 9.47 Å². The lowest BCUT2D eigenvalue weighted by molar-refractivity contribution is -0.138. The van der Waals surface area contributed by atoms with Gasteiger partial charge in [0.05, 0.1) is 13.2 Å². The Morgan fingerprint density at radius 1 is 1.13 bits per heavy atom. The van der Waals surface area contributed by atoms with E-state index in [9.17, 15) is 22.8 Å². The fraction of sp³-hybridized carbons (Fsp3) is 0.545. The van der Waals surface area contributed by atoms with Gasteiger partial charge in [-0.15, -0.1) is 0 Å². The quantitative estimate of drug-likeness (QED) is 0.440. The highest BCUT2D eigenvalue weighted by Gasteiger charge is 2.36. The summed E-state index contributed by atoms with van der Waals surface area (Å²) in [6.45, 7) is 10.2. The molecule has 1 heterocycles. The van der Waals surface area contributed by atoms with Gasteiger partial charge in [0.25, 0.3) is 0 Å². The van der Waals surface area contributed by atoms with Gasteiger partial charge in [-0.05, 0) is 30.9 Å². The highest BCUT2D eigenvalue weighted by Crippen LogP contribution is 2.39. The summed E-state index contributed by atoms with van der Waals surface area (Å²) in [5, 5.41) is 0. The molecule has 0 fully saturated rings. The second-order valence-corrected chi connectivity index (χ2v) is 8.35. The standard InChI is InChI=1S/C22H28F3NO4/c1-6-8-9-30-19-15-11-17(27)16(22(23,24)25)10-14(15)12-26(13-21(3,4)5)18(19)20(28)29-7-2/h10-12H,6-9,13H2,1-5H3. The number of aromatic nitrogens is 1. The fourth-order valence-electron chi connectivity index (χ4n) is 3.12. The van der Waals surface area contributed by atoms with Crippen molar-refractivity contribution in [1.82, 2.24) is 4.57 Å². The molecule has 5 nitrogen and oxygen atoms in total. The molecule has 0 atom stereocenters. The number of ether oxygens (including phenoxy) is 2. The molecule has 2 aliphatic rings. The first-order chi connectivity index (χ1) is 13.9. The number of nitrogens with zero attached hydrogens (tertiary/aromatic N) is 1. The number of benzene rings is 1. The first-order valence-corrected chi connectivity index (χ1v) is 9.97. The zero-order chi connectivity index (χ0) is 22.7. The van der Waals surface area contributed by atoms with Crippen molar-refractivity contribution in [3.63, 3.8) is 0 Å². The molecule has 0 saturated heterocycles. The van der Waals surface area contributed by atoms with E-state index in [2.05, 4.69) is 0 Å². The lowest BCUT2D eigenvalue weighted by Crippen LogP contribution is -2.25. The van der Waals surface area contributed by atoms with Crippen LogP contribution < -0.4 is 10.2 Å². The van der Waals surface area contributed by atoms with Crippen molar-refractivity contribution in [3.05, 3.63) is 39.8 Å². The third-order valence-electron chi connectivity index (χ3n) is 4.36. The van der Waals surface area contributed by atoms with E-state index >= 15 is 0 Å². The van der Waals surface area contributed by atoms with Crippen molar-refractivity contribution in [3.8, 4) is 16.9 Å². The Morgan fingerprint density at radius 2 is 1.80 bits per heavy atom. The van der Waals surface area contributed by atoms with Crippen molar-refractivity contribution in [2.75, 3.05) is 13.2 Å². The van der Waals surface area contributed by atoms with Crippen molar-refractivity contribution >= 4 is 5.97 Å². The van der Waals surface area contributed by atoms with E-state index in [1.54, 1.807) is 11.5 Å². The number of carbonyl (C=O) groups is 1. The monoisotopic (exact) mass is 427 g/mol. The van der Waals surface area contributed by atoms with Gasteiger partial charge in [0.1, 0.15) is 5.56 Å². The Morgan fingerprint density at radius 3 is 2.33 bits per heavy atom. The molecule has 30 heavy (non-hydrogen) atoms. The van der Waals surface area contributed by atoms with Gasteiger partial charge >= 0.3 is 12.1 Å². The predicted molar refractivity (Wildman–Crippen MR) is 108 cm³/mol. The average Bonchev–Trinajstić information content (AvgIpc) is 2.59. The van der Waals surface area contributed by atoms with Crippen LogP contribution in [0.3, 0.4) is 0 Å². The van der Waals surface area contributed by atoms with Gasteiger partial charge < -0.3 is 14.0 Å². The summed E-state index contributed by atoms with van der Waals surface area (Å²) in [6, 6.07) is 1.71. The maximum Gasteiger partial charge on any atom is 0.420 e. The normalized spacial score (nSPS) is 12.3. The molecular formula is C22H28F3NO4. The van der Waals surface area contributed by atoms with E-state index in [1.165, 1.54) is 6.20 Å². The molecule has 0 aromatic carbocycles. The molecule has 1 aliphatic carbocycles. The Kier molecular flexibility index (Phi) is 7.21. The number of alkyl halides is 3. The summed E-state index contributed by atoms with van der Waals surface area (Å²) >= 11 is 0. The van der Waals surface area contributed by atoms with E-state index in [0.29, 0.717) is 13.0 Å². The van der Waals surface area contributed by atoms with Crippen LogP contribution in [-0.4, -0.2) is 23.8 Å². The minimum absolute atomic E-state index is 0.0782. The molecule has 0 bridgehead atoms. The molecule has 1 aliphatic heterocycles. The molecule has 0 spiro atoms. The number of rotatable bonds is 7. The molecule has 2 rings (SSSR count). The van der Waals surface area contributed by atoms with Crippen LogP contribution in [0.5, 0.6) is 5.75 Å². The van der Waals surface area contributed by atoms with Crippen LogP contribution in [0.1, 0.15) is 63.5 Å². The molecule has 0 unspecified atom stereocenters. The van der Waals surface area contributed by atoms with Crippen LogP contribution >= 0.6 is 0 Å². The molecule has 166 valence electrons. The number of halogens is 3. The summed E-state index contributed by atoms with van der Waals surface area (Å²) in [7, 11) is 0. The number of carbonyl (C=O) groups excluding carboxylic acids is 1. The summed E-state index contributed by atoms with van der Waals surface area (Å²) in [4.78, 5) is 25.0. The molecule has 8 heteroatoms. The number of hydrogen-bond acceptors (Lipinski definition) is 4. The number of fused-ring (bicyclic) bond motifs is 1. The largest absolute Gasteiger partial charge is 0.490 e. The Bertz CT molecular complexity index is 926. The highest BCUT2D eigenvalue weighted by molar-refractivity contribution is 5.94. The van der Waals surface area contributed by atoms with Gasteiger partial charge in [-0.25, -0.2) is 4.79 Å². The minimum Gasteiger partial charge on any atom is -0.490 e. The van der Waals surface area contributed by atoms with Gasteiger partial charge in [0.15, 0.2) is 16.9 Å². The number of esters is 1. The fourth-order valence-corrected chi connectivity index (χ4v) is 3.12. The third-order valence-corrected chi connectivity index (χ3v) is 4.36. The first kappa shape index (κ1) is 23.8. The summed E-state index contributed by atoms with van der Waals surface area (Å²) in [5.74, 6) is -0.572. The predicted octanol–water partition coefficient (Wildman–Crippen LogP) is 5.37. The molecular weight excluding hydrogens is 399 g/mol. The Balaban J connectivity index is 2.86. The smallest absolute Gasteiger partial charge is 0.420 e. The van der Waals surface area contributed by atoms with Crippen molar-refractivity contribution in [2.45, 2.75) is 60.2 Å². The minimum atomic E-state index is -4.77. The third kappa shape index (κ3) is 5.55. The molecule has 0 N–H and O–H groups in total. The molecule has 0 saturated carbocycles. The topological polar surface area (TPSA) is 57.5 Å². The van der Waals surface area contributed by atoms with Crippen LogP contribution in [0.15, 0.2) is 23.1 Å². The maximum atomic E-state index is 13.3. The van der Waals surface area contributed by atoms with Crippen molar-refractivity contribution in [1.29, 1.82) is 0 Å². The van der Waals surface area contributed by atoms with Gasteiger partial charge in [0, 0.05) is 23.9 Å². The number of pyridine rings is 1. The second kappa shape index (κ2) is 9.10. The lowest BCUT2D eigenvalue weighted by atomic mass is 9.94. The zero-order valence-electron chi connectivity index (χ0n) is 18.0. The second-order valence-electron chi connectivity index (χ2n) is 8.35. The van der Waals surface area contributed by atoms with Crippen LogP contribution in [0.2, 0.25) is 0 Å². The van der Waals surface area contributed by atoms with Crippen LogP contribution in [0.4, 0.5) is 13.2 Å². The summed E-state index contributed by atoms with van der Waals surface area (Å²) in [5.41, 5.74) is -2.27. The molecule has 0 aromatic rings. The van der Waals surface area contributed by atoms with Gasteiger partial charge in [-0.2, -0.15) is 13.2 Å².